The van der Waals surface area contributed by atoms with E-state index in [0.717, 1.165) is 0 Å². The maximum absolute atomic E-state index is 2.30. The Hall–Kier alpha value is -1.56. The summed E-state index contributed by atoms with van der Waals surface area (Å²) in [4.78, 5) is 0. The van der Waals surface area contributed by atoms with Crippen molar-refractivity contribution in [3.8, 4) is 0 Å². The van der Waals surface area contributed by atoms with Crippen molar-refractivity contribution in [1.29, 1.82) is 0 Å². The second-order valence-corrected chi connectivity index (χ2v) is 5.94. The first kappa shape index (κ1) is 10.6. The Morgan fingerprint density at radius 2 is 1.47 bits per heavy atom. The van der Waals surface area contributed by atoms with E-state index in [0.29, 0.717) is 5.92 Å². The Morgan fingerprint density at radius 3 is 2.18 bits per heavy atom. The molecule has 0 amide bonds. The average Bonchev–Trinajstić information content (AvgIpc) is 2.28. The highest BCUT2D eigenvalue weighted by atomic mass is 14.4. The van der Waals surface area contributed by atoms with Crippen LogP contribution >= 0.6 is 0 Å². The molecule has 0 aromatic rings. The molecule has 0 N–H and O–H groups in total. The molecule has 0 spiro atoms. The summed E-state index contributed by atoms with van der Waals surface area (Å²) in [6.07, 6.45) is 17.9. The highest BCUT2D eigenvalue weighted by molar-refractivity contribution is 5.61. The molecule has 0 bridgehead atoms. The van der Waals surface area contributed by atoms with Crippen molar-refractivity contribution in [3.63, 3.8) is 0 Å². The van der Waals surface area contributed by atoms with Crippen LogP contribution in [0.1, 0.15) is 20.8 Å². The van der Waals surface area contributed by atoms with Crippen molar-refractivity contribution in [2.24, 2.45) is 11.3 Å². The molecule has 1 atom stereocenters. The summed E-state index contributed by atoms with van der Waals surface area (Å²) in [5.74, 6) is 0.476. The normalized spacial score (nSPS) is 25.7. The zero-order valence-corrected chi connectivity index (χ0v) is 10.7. The van der Waals surface area contributed by atoms with Crippen LogP contribution in [0.15, 0.2) is 70.9 Å². The van der Waals surface area contributed by atoms with Crippen LogP contribution in [0.25, 0.3) is 0 Å². The lowest BCUT2D eigenvalue weighted by Crippen LogP contribution is -2.23. The van der Waals surface area contributed by atoms with Crippen LogP contribution in [0.3, 0.4) is 0 Å². The minimum Gasteiger partial charge on any atom is -0.0617 e. The minimum atomic E-state index is 0.214. The Labute approximate surface area is 103 Å². The molecule has 0 heteroatoms. The molecule has 86 valence electrons. The summed E-state index contributed by atoms with van der Waals surface area (Å²) < 4.78 is 0. The monoisotopic (exact) mass is 222 g/mol. The van der Waals surface area contributed by atoms with E-state index in [-0.39, 0.29) is 5.41 Å². The van der Waals surface area contributed by atoms with E-state index in [1.165, 1.54) is 22.3 Å². The topological polar surface area (TPSA) is 0 Å². The van der Waals surface area contributed by atoms with Gasteiger partial charge in [-0.15, -0.1) is 0 Å². The Kier molecular flexibility index (Phi) is 2.16. The van der Waals surface area contributed by atoms with Crippen molar-refractivity contribution in [3.05, 3.63) is 70.9 Å². The summed E-state index contributed by atoms with van der Waals surface area (Å²) in [6, 6.07) is 0. The van der Waals surface area contributed by atoms with E-state index in [1.807, 2.05) is 0 Å². The molecular formula is C17H18. The molecule has 0 aromatic heterocycles. The quantitative estimate of drug-likeness (QED) is 0.566. The summed E-state index contributed by atoms with van der Waals surface area (Å²) in [5, 5.41) is 0. The molecule has 17 heavy (non-hydrogen) atoms. The molecule has 3 aliphatic rings. The van der Waals surface area contributed by atoms with Gasteiger partial charge in [-0.05, 0) is 27.7 Å². The lowest BCUT2D eigenvalue weighted by Gasteiger charge is -2.36. The molecule has 0 aromatic carbocycles. The third kappa shape index (κ3) is 1.59. The van der Waals surface area contributed by atoms with Crippen molar-refractivity contribution >= 4 is 0 Å². The van der Waals surface area contributed by atoms with Gasteiger partial charge < -0.3 is 0 Å². The van der Waals surface area contributed by atoms with E-state index in [2.05, 4.69) is 69.4 Å². The SMILES string of the molecule is CC(C)(C)C1=CC=C2C=CC=C3C=CC=C1[C@H]32. The third-order valence-corrected chi connectivity index (χ3v) is 3.68. The van der Waals surface area contributed by atoms with Crippen LogP contribution in [0.5, 0.6) is 0 Å². The average molecular weight is 222 g/mol. The van der Waals surface area contributed by atoms with Gasteiger partial charge in [-0.3, -0.25) is 0 Å². The highest BCUT2D eigenvalue weighted by Crippen LogP contribution is 2.46. The Balaban J connectivity index is 2.19. The predicted molar refractivity (Wildman–Crippen MR) is 73.6 cm³/mol. The van der Waals surface area contributed by atoms with Crippen LogP contribution in [-0.4, -0.2) is 0 Å². The van der Waals surface area contributed by atoms with Crippen LogP contribution in [-0.2, 0) is 0 Å². The minimum absolute atomic E-state index is 0.214. The fourth-order valence-electron chi connectivity index (χ4n) is 2.88. The Morgan fingerprint density at radius 1 is 0.824 bits per heavy atom. The zero-order chi connectivity index (χ0) is 12.0. The summed E-state index contributed by atoms with van der Waals surface area (Å²) in [6.45, 7) is 6.87. The number of hydrogen-bond acceptors (Lipinski definition) is 0. The van der Waals surface area contributed by atoms with Gasteiger partial charge >= 0.3 is 0 Å². The van der Waals surface area contributed by atoms with Gasteiger partial charge in [-0.25, -0.2) is 0 Å². The van der Waals surface area contributed by atoms with Crippen LogP contribution in [0.2, 0.25) is 0 Å². The molecule has 0 radical (unpaired) electrons. The first-order valence-corrected chi connectivity index (χ1v) is 6.26. The van der Waals surface area contributed by atoms with Crippen LogP contribution < -0.4 is 0 Å². The first-order chi connectivity index (χ1) is 8.07. The first-order valence-electron chi connectivity index (χ1n) is 6.26. The smallest absolute Gasteiger partial charge is 0.0342 e. The van der Waals surface area contributed by atoms with E-state index in [4.69, 9.17) is 0 Å². The molecular weight excluding hydrogens is 204 g/mol. The number of rotatable bonds is 0. The molecule has 0 nitrogen and oxygen atoms in total. The van der Waals surface area contributed by atoms with Gasteiger partial charge in [0.25, 0.3) is 0 Å². The van der Waals surface area contributed by atoms with Crippen molar-refractivity contribution in [1.82, 2.24) is 0 Å². The zero-order valence-electron chi connectivity index (χ0n) is 10.7. The number of hydrogen-bond donors (Lipinski definition) is 0. The number of allylic oxidation sites excluding steroid dienone is 12. The van der Waals surface area contributed by atoms with Gasteiger partial charge in [0.2, 0.25) is 0 Å². The molecule has 3 rings (SSSR count). The second-order valence-electron chi connectivity index (χ2n) is 5.94. The Bertz CT molecular complexity index is 537. The second kappa shape index (κ2) is 3.46. The maximum atomic E-state index is 2.30. The van der Waals surface area contributed by atoms with Gasteiger partial charge in [-0.2, -0.15) is 0 Å². The van der Waals surface area contributed by atoms with E-state index < -0.39 is 0 Å². The molecule has 3 aliphatic carbocycles. The largest absolute Gasteiger partial charge is 0.0617 e. The van der Waals surface area contributed by atoms with Gasteiger partial charge in [-0.1, -0.05) is 69.4 Å². The molecule has 0 saturated carbocycles. The van der Waals surface area contributed by atoms with E-state index in [9.17, 15) is 0 Å². The summed E-state index contributed by atoms with van der Waals surface area (Å²) in [5.41, 5.74) is 6.01. The van der Waals surface area contributed by atoms with Gasteiger partial charge in [0.15, 0.2) is 0 Å². The van der Waals surface area contributed by atoms with Crippen LogP contribution in [0, 0.1) is 11.3 Å². The van der Waals surface area contributed by atoms with Gasteiger partial charge in [0.05, 0.1) is 0 Å². The fourth-order valence-corrected chi connectivity index (χ4v) is 2.88. The molecule has 0 aliphatic heterocycles. The van der Waals surface area contributed by atoms with Gasteiger partial charge in [0.1, 0.15) is 0 Å². The molecule has 0 heterocycles. The molecule has 0 fully saturated rings. The van der Waals surface area contributed by atoms with E-state index >= 15 is 0 Å². The van der Waals surface area contributed by atoms with Crippen molar-refractivity contribution < 1.29 is 0 Å². The summed E-state index contributed by atoms with van der Waals surface area (Å²) in [7, 11) is 0. The molecule has 0 unspecified atom stereocenters. The van der Waals surface area contributed by atoms with Gasteiger partial charge in [0, 0.05) is 5.92 Å². The van der Waals surface area contributed by atoms with Crippen molar-refractivity contribution in [2.75, 3.05) is 0 Å². The predicted octanol–water partition coefficient (Wildman–Crippen LogP) is 4.51. The van der Waals surface area contributed by atoms with Crippen LogP contribution in [0.4, 0.5) is 0 Å². The fraction of sp³-hybridized carbons (Fsp3) is 0.294. The van der Waals surface area contributed by atoms with E-state index in [1.54, 1.807) is 0 Å². The highest BCUT2D eigenvalue weighted by Gasteiger charge is 2.32. The maximum Gasteiger partial charge on any atom is 0.0342 e. The lowest BCUT2D eigenvalue weighted by atomic mass is 9.68. The standard InChI is InChI=1S/C17H18/c1-17(2,3)15-11-10-13-7-4-6-12-8-5-9-14(15)16(12)13/h4-11,16H,1-3H3/t16-/m1/s1. The third-order valence-electron chi connectivity index (χ3n) is 3.68. The summed E-state index contributed by atoms with van der Waals surface area (Å²) >= 11 is 0. The lowest BCUT2D eigenvalue weighted by molar-refractivity contribution is 0.500. The molecule has 0 saturated heterocycles. The van der Waals surface area contributed by atoms with Crippen molar-refractivity contribution in [2.45, 2.75) is 20.8 Å².